The molecule has 9 nitrogen and oxygen atoms in total. The second-order valence-corrected chi connectivity index (χ2v) is 5.08. The van der Waals surface area contributed by atoms with Crippen molar-refractivity contribution in [3.05, 3.63) is 50.9 Å². The number of nitrogens with one attached hydrogen (secondary N) is 1. The van der Waals surface area contributed by atoms with Gasteiger partial charge in [0.25, 0.3) is 11.6 Å². The molecule has 2 rings (SSSR count). The minimum atomic E-state index is -0.707. The number of esters is 1. The first-order valence-corrected chi connectivity index (χ1v) is 6.94. The quantitative estimate of drug-likeness (QED) is 0.505. The predicted octanol–water partition coefficient (Wildman–Crippen LogP) is 2.30. The average molecular weight is 333 g/mol. The van der Waals surface area contributed by atoms with Gasteiger partial charge in [-0.05, 0) is 32.4 Å². The number of hydrogen-bond acceptors (Lipinski definition) is 7. The maximum absolute atomic E-state index is 11.9. The van der Waals surface area contributed by atoms with Crippen LogP contribution in [0.3, 0.4) is 0 Å². The standard InChI is InChI=1S/C15H15N3O6/c1-8-6-11(18(21)22)4-5-12(8)16-13(19)7-23-15(20)14-9(2)17-24-10(14)3/h4-6H,7H2,1-3H3,(H,16,19). The van der Waals surface area contributed by atoms with Crippen LogP contribution in [-0.4, -0.2) is 28.6 Å². The number of amides is 1. The third kappa shape index (κ3) is 3.75. The van der Waals surface area contributed by atoms with Crippen molar-refractivity contribution in [3.63, 3.8) is 0 Å². The van der Waals surface area contributed by atoms with Crippen LogP contribution in [0, 0.1) is 30.9 Å². The Morgan fingerprint density at radius 2 is 2.04 bits per heavy atom. The zero-order chi connectivity index (χ0) is 17.9. The van der Waals surface area contributed by atoms with Crippen molar-refractivity contribution < 1.29 is 23.8 Å². The third-order valence-corrected chi connectivity index (χ3v) is 3.27. The van der Waals surface area contributed by atoms with Gasteiger partial charge in [-0.1, -0.05) is 5.16 Å². The number of benzene rings is 1. The van der Waals surface area contributed by atoms with Crippen molar-refractivity contribution in [2.45, 2.75) is 20.8 Å². The van der Waals surface area contributed by atoms with Crippen molar-refractivity contribution in [1.82, 2.24) is 5.16 Å². The summed E-state index contributed by atoms with van der Waals surface area (Å²) in [5.41, 5.74) is 1.42. The Morgan fingerprint density at radius 3 is 2.58 bits per heavy atom. The van der Waals surface area contributed by atoms with Gasteiger partial charge < -0.3 is 14.6 Å². The number of rotatable bonds is 5. The molecule has 126 valence electrons. The van der Waals surface area contributed by atoms with Gasteiger partial charge in [-0.2, -0.15) is 0 Å². The number of hydrogen-bond donors (Lipinski definition) is 1. The van der Waals surface area contributed by atoms with Crippen LogP contribution in [-0.2, 0) is 9.53 Å². The SMILES string of the molecule is Cc1cc([N+](=O)[O-])ccc1NC(=O)COC(=O)c1c(C)noc1C. The zero-order valence-electron chi connectivity index (χ0n) is 13.3. The van der Waals surface area contributed by atoms with E-state index in [2.05, 4.69) is 10.5 Å². The van der Waals surface area contributed by atoms with Gasteiger partial charge in [-0.25, -0.2) is 4.79 Å². The molecule has 0 atom stereocenters. The van der Waals surface area contributed by atoms with E-state index in [0.29, 0.717) is 22.7 Å². The molecule has 1 heterocycles. The number of aromatic nitrogens is 1. The van der Waals surface area contributed by atoms with Crippen LogP contribution in [0.4, 0.5) is 11.4 Å². The molecule has 1 amide bonds. The highest BCUT2D eigenvalue weighted by molar-refractivity contribution is 5.96. The molecular weight excluding hydrogens is 318 g/mol. The monoisotopic (exact) mass is 333 g/mol. The first-order chi connectivity index (χ1) is 11.3. The summed E-state index contributed by atoms with van der Waals surface area (Å²) >= 11 is 0. The maximum Gasteiger partial charge on any atom is 0.344 e. The van der Waals surface area contributed by atoms with Crippen LogP contribution in [0.2, 0.25) is 0 Å². The molecular formula is C15H15N3O6. The van der Waals surface area contributed by atoms with E-state index in [1.165, 1.54) is 18.2 Å². The van der Waals surface area contributed by atoms with Crippen LogP contribution in [0.25, 0.3) is 0 Å². The highest BCUT2D eigenvalue weighted by Gasteiger charge is 2.20. The number of non-ortho nitro benzene ring substituents is 1. The minimum absolute atomic E-state index is 0.0738. The highest BCUT2D eigenvalue weighted by Crippen LogP contribution is 2.21. The number of anilines is 1. The fourth-order valence-electron chi connectivity index (χ4n) is 2.07. The van der Waals surface area contributed by atoms with Crippen LogP contribution >= 0.6 is 0 Å². The largest absolute Gasteiger partial charge is 0.452 e. The number of carbonyl (C=O) groups is 2. The predicted molar refractivity (Wildman–Crippen MR) is 82.7 cm³/mol. The van der Waals surface area contributed by atoms with Gasteiger partial charge in [0.05, 0.1) is 10.6 Å². The van der Waals surface area contributed by atoms with Gasteiger partial charge in [0, 0.05) is 17.8 Å². The van der Waals surface area contributed by atoms with Crippen LogP contribution in [0.5, 0.6) is 0 Å². The fourth-order valence-corrected chi connectivity index (χ4v) is 2.07. The van der Waals surface area contributed by atoms with Crippen molar-refractivity contribution in [1.29, 1.82) is 0 Å². The van der Waals surface area contributed by atoms with Crippen LogP contribution in [0.15, 0.2) is 22.7 Å². The molecule has 0 aliphatic heterocycles. The lowest BCUT2D eigenvalue weighted by Crippen LogP contribution is -2.21. The second kappa shape index (κ2) is 6.90. The molecule has 0 aliphatic carbocycles. The van der Waals surface area contributed by atoms with E-state index in [4.69, 9.17) is 9.26 Å². The molecule has 24 heavy (non-hydrogen) atoms. The van der Waals surface area contributed by atoms with Gasteiger partial charge in [0.15, 0.2) is 6.61 Å². The molecule has 0 bridgehead atoms. The van der Waals surface area contributed by atoms with E-state index in [1.807, 2.05) is 0 Å². The number of nitro groups is 1. The van der Waals surface area contributed by atoms with Crippen LogP contribution < -0.4 is 5.32 Å². The van der Waals surface area contributed by atoms with Crippen molar-refractivity contribution in [2.75, 3.05) is 11.9 Å². The fraction of sp³-hybridized carbons (Fsp3) is 0.267. The molecule has 0 radical (unpaired) electrons. The maximum atomic E-state index is 11.9. The molecule has 0 saturated heterocycles. The Balaban J connectivity index is 1.97. The van der Waals surface area contributed by atoms with Gasteiger partial charge in [-0.15, -0.1) is 0 Å². The number of nitrogens with zero attached hydrogens (tertiary/aromatic N) is 2. The molecule has 0 spiro atoms. The van der Waals surface area contributed by atoms with E-state index < -0.39 is 23.4 Å². The second-order valence-electron chi connectivity index (χ2n) is 5.08. The van der Waals surface area contributed by atoms with Crippen molar-refractivity contribution in [3.8, 4) is 0 Å². The summed E-state index contributed by atoms with van der Waals surface area (Å²) in [6.45, 7) is 4.28. The van der Waals surface area contributed by atoms with Crippen LogP contribution in [0.1, 0.15) is 27.4 Å². The molecule has 1 aromatic carbocycles. The Labute approximate surface area is 136 Å². The summed E-state index contributed by atoms with van der Waals surface area (Å²) in [6.07, 6.45) is 0. The van der Waals surface area contributed by atoms with Gasteiger partial charge in [-0.3, -0.25) is 14.9 Å². The molecule has 0 aliphatic rings. The van der Waals surface area contributed by atoms with Crippen molar-refractivity contribution >= 4 is 23.3 Å². The lowest BCUT2D eigenvalue weighted by Gasteiger charge is -2.08. The molecule has 1 aromatic heterocycles. The molecule has 0 saturated carbocycles. The van der Waals surface area contributed by atoms with Gasteiger partial charge in [0.2, 0.25) is 0 Å². The van der Waals surface area contributed by atoms with E-state index in [9.17, 15) is 19.7 Å². The van der Waals surface area contributed by atoms with E-state index >= 15 is 0 Å². The molecule has 0 unspecified atom stereocenters. The first kappa shape index (κ1) is 17.1. The average Bonchev–Trinajstić information content (AvgIpc) is 2.85. The molecule has 2 aromatic rings. The molecule has 9 heteroatoms. The Bertz CT molecular complexity index is 792. The third-order valence-electron chi connectivity index (χ3n) is 3.27. The minimum Gasteiger partial charge on any atom is -0.452 e. The summed E-state index contributed by atoms with van der Waals surface area (Å²) in [5, 5.41) is 16.8. The summed E-state index contributed by atoms with van der Waals surface area (Å²) in [5.74, 6) is -0.960. The summed E-state index contributed by atoms with van der Waals surface area (Å²) in [7, 11) is 0. The van der Waals surface area contributed by atoms with Gasteiger partial charge in [0.1, 0.15) is 11.3 Å². The van der Waals surface area contributed by atoms with Gasteiger partial charge >= 0.3 is 5.97 Å². The lowest BCUT2D eigenvalue weighted by atomic mass is 10.2. The Morgan fingerprint density at radius 1 is 1.33 bits per heavy atom. The number of nitro benzene ring substituents is 1. The number of ether oxygens (including phenoxy) is 1. The van der Waals surface area contributed by atoms with E-state index in [0.717, 1.165) is 0 Å². The normalized spacial score (nSPS) is 10.3. The summed E-state index contributed by atoms with van der Waals surface area (Å²) in [4.78, 5) is 33.9. The van der Waals surface area contributed by atoms with E-state index in [-0.39, 0.29) is 11.3 Å². The number of aryl methyl sites for hydroxylation is 3. The Hall–Kier alpha value is -3.23. The smallest absolute Gasteiger partial charge is 0.344 e. The molecule has 0 fully saturated rings. The topological polar surface area (TPSA) is 125 Å². The summed E-state index contributed by atoms with van der Waals surface area (Å²) < 4.78 is 9.78. The highest BCUT2D eigenvalue weighted by atomic mass is 16.6. The Kier molecular flexibility index (Phi) is 4.93. The van der Waals surface area contributed by atoms with E-state index in [1.54, 1.807) is 20.8 Å². The zero-order valence-corrected chi connectivity index (χ0v) is 13.3. The van der Waals surface area contributed by atoms with Crippen molar-refractivity contribution in [2.24, 2.45) is 0 Å². The lowest BCUT2D eigenvalue weighted by molar-refractivity contribution is -0.384. The number of carbonyl (C=O) groups excluding carboxylic acids is 2. The first-order valence-electron chi connectivity index (χ1n) is 6.94. The summed E-state index contributed by atoms with van der Waals surface area (Å²) in [6, 6.07) is 4.03. The molecule has 1 N–H and O–H groups in total.